The van der Waals surface area contributed by atoms with E-state index in [0.29, 0.717) is 0 Å². The summed E-state index contributed by atoms with van der Waals surface area (Å²) in [7, 11) is 1.62. The predicted molar refractivity (Wildman–Crippen MR) is 81.8 cm³/mol. The summed E-state index contributed by atoms with van der Waals surface area (Å²) in [6.45, 7) is 0.206. The maximum Gasteiger partial charge on any atom is 0.245 e. The molecule has 0 saturated heterocycles. The highest BCUT2D eigenvalue weighted by Crippen LogP contribution is 2.27. The minimum atomic E-state index is -0.471. The highest BCUT2D eigenvalue weighted by molar-refractivity contribution is 5.74. The fourth-order valence-electron chi connectivity index (χ4n) is 2.12. The fraction of sp³-hybridized carbons (Fsp3) is 0.235. The van der Waals surface area contributed by atoms with E-state index in [1.807, 2.05) is 54.6 Å². The van der Waals surface area contributed by atoms with Crippen LogP contribution in [0.15, 0.2) is 54.6 Å². The Morgan fingerprint density at radius 1 is 1.09 bits per heavy atom. The monoisotopic (exact) mass is 301 g/mol. The Hall–Kier alpha value is -2.37. The van der Waals surface area contributed by atoms with E-state index < -0.39 is 5.91 Å². The molecule has 2 rings (SSSR count). The molecule has 0 radical (unpaired) electrons. The van der Waals surface area contributed by atoms with Crippen LogP contribution in [0.2, 0.25) is 0 Å². The lowest BCUT2D eigenvalue weighted by molar-refractivity contribution is -0.130. The summed E-state index contributed by atoms with van der Waals surface area (Å²) in [6.07, 6.45) is -0.186. The maximum absolute atomic E-state index is 11.1. The molecule has 2 aromatic rings. The minimum absolute atomic E-state index is 0.0932. The smallest absolute Gasteiger partial charge is 0.245 e. The Morgan fingerprint density at radius 3 is 2.32 bits per heavy atom. The number of hydrogen-bond donors (Lipinski definition) is 2. The zero-order chi connectivity index (χ0) is 15.8. The van der Waals surface area contributed by atoms with E-state index >= 15 is 0 Å². The average molecular weight is 301 g/mol. The van der Waals surface area contributed by atoms with Gasteiger partial charge >= 0.3 is 0 Å². The summed E-state index contributed by atoms with van der Waals surface area (Å²) < 4.78 is 11.0. The molecule has 2 N–H and O–H groups in total. The van der Waals surface area contributed by atoms with Gasteiger partial charge in [0.1, 0.15) is 11.9 Å². The summed E-state index contributed by atoms with van der Waals surface area (Å²) in [5, 5.41) is 8.52. The number of benzene rings is 2. The molecule has 0 aliphatic heterocycles. The van der Waals surface area contributed by atoms with Crippen LogP contribution in [0.25, 0.3) is 0 Å². The minimum Gasteiger partial charge on any atom is -0.497 e. The van der Waals surface area contributed by atoms with Crippen molar-refractivity contribution in [1.29, 1.82) is 0 Å². The Balaban J connectivity index is 2.15. The summed E-state index contributed by atoms with van der Waals surface area (Å²) in [4.78, 5) is 11.1. The van der Waals surface area contributed by atoms with Gasteiger partial charge in [0, 0.05) is 0 Å². The Bertz CT molecular complexity index is 583. The van der Waals surface area contributed by atoms with E-state index in [0.717, 1.165) is 16.9 Å². The van der Waals surface area contributed by atoms with Gasteiger partial charge in [-0.3, -0.25) is 10.0 Å². The number of hydroxylamine groups is 1. The number of hydrogen-bond acceptors (Lipinski definition) is 4. The van der Waals surface area contributed by atoms with Crippen molar-refractivity contribution in [3.8, 4) is 5.75 Å². The Kier molecular flexibility index (Phi) is 5.94. The number of ether oxygens (including phenoxy) is 2. The third kappa shape index (κ3) is 4.31. The van der Waals surface area contributed by atoms with Crippen molar-refractivity contribution in [2.45, 2.75) is 12.5 Å². The molecule has 2 aromatic carbocycles. The van der Waals surface area contributed by atoms with E-state index in [9.17, 15) is 4.79 Å². The number of carbonyl (C=O) groups is 1. The molecule has 116 valence electrons. The second kappa shape index (κ2) is 8.17. The Morgan fingerprint density at radius 2 is 1.73 bits per heavy atom. The standard InChI is InChI=1S/C17H19NO4/c1-21-15-9-7-14(8-10-15)17(13-5-3-2-4-6-13)22-12-11-16(19)18-20/h2-10,17,20H,11-12H2,1H3,(H,18,19). The fourth-order valence-corrected chi connectivity index (χ4v) is 2.12. The molecule has 1 amide bonds. The SMILES string of the molecule is COc1ccc(C(OCCC(=O)NO)c2ccccc2)cc1. The van der Waals surface area contributed by atoms with Crippen LogP contribution in [-0.4, -0.2) is 24.8 Å². The molecule has 22 heavy (non-hydrogen) atoms. The van der Waals surface area contributed by atoms with Gasteiger partial charge in [0.2, 0.25) is 5.91 Å². The molecule has 0 spiro atoms. The summed E-state index contributed by atoms with van der Waals surface area (Å²) in [5.41, 5.74) is 3.56. The zero-order valence-corrected chi connectivity index (χ0v) is 12.4. The third-order valence-corrected chi connectivity index (χ3v) is 3.26. The molecule has 5 heteroatoms. The van der Waals surface area contributed by atoms with Crippen LogP contribution in [0.1, 0.15) is 23.7 Å². The quantitative estimate of drug-likeness (QED) is 0.609. The molecule has 1 unspecified atom stereocenters. The first-order valence-corrected chi connectivity index (χ1v) is 6.98. The molecule has 0 saturated carbocycles. The predicted octanol–water partition coefficient (Wildman–Crippen LogP) is 2.70. The van der Waals surface area contributed by atoms with E-state index in [1.54, 1.807) is 12.6 Å². The number of carbonyl (C=O) groups excluding carboxylic acids is 1. The van der Waals surface area contributed by atoms with Crippen LogP contribution >= 0.6 is 0 Å². The van der Waals surface area contributed by atoms with Crippen molar-refractivity contribution in [2.24, 2.45) is 0 Å². The van der Waals surface area contributed by atoms with Gasteiger partial charge in [-0.1, -0.05) is 42.5 Å². The number of amides is 1. The zero-order valence-electron chi connectivity index (χ0n) is 12.4. The first kappa shape index (κ1) is 16.0. The lowest BCUT2D eigenvalue weighted by Gasteiger charge is -2.19. The van der Waals surface area contributed by atoms with Gasteiger partial charge in [-0.2, -0.15) is 0 Å². The molecule has 0 heterocycles. The van der Waals surface area contributed by atoms with Gasteiger partial charge in [0.05, 0.1) is 20.1 Å². The van der Waals surface area contributed by atoms with E-state index in [-0.39, 0.29) is 19.1 Å². The highest BCUT2D eigenvalue weighted by atomic mass is 16.5. The van der Waals surface area contributed by atoms with Gasteiger partial charge in [0.15, 0.2) is 0 Å². The molecule has 0 aliphatic carbocycles. The van der Waals surface area contributed by atoms with Crippen LogP contribution in [0.4, 0.5) is 0 Å². The topological polar surface area (TPSA) is 67.8 Å². The van der Waals surface area contributed by atoms with Crippen molar-refractivity contribution >= 4 is 5.91 Å². The molecule has 0 bridgehead atoms. The van der Waals surface area contributed by atoms with E-state index in [4.69, 9.17) is 14.7 Å². The first-order chi connectivity index (χ1) is 10.7. The molecule has 0 fully saturated rings. The summed E-state index contributed by atoms with van der Waals surface area (Å²) >= 11 is 0. The molecular weight excluding hydrogens is 282 g/mol. The largest absolute Gasteiger partial charge is 0.497 e. The second-order valence-corrected chi connectivity index (χ2v) is 4.72. The van der Waals surface area contributed by atoms with Crippen LogP contribution in [0.5, 0.6) is 5.75 Å². The van der Waals surface area contributed by atoms with Crippen LogP contribution in [-0.2, 0) is 9.53 Å². The van der Waals surface area contributed by atoms with Gasteiger partial charge in [-0.05, 0) is 23.3 Å². The van der Waals surface area contributed by atoms with Crippen molar-refractivity contribution in [3.63, 3.8) is 0 Å². The summed E-state index contributed by atoms with van der Waals surface area (Å²) in [6, 6.07) is 17.4. The third-order valence-electron chi connectivity index (χ3n) is 3.26. The number of nitrogens with one attached hydrogen (secondary N) is 1. The second-order valence-electron chi connectivity index (χ2n) is 4.72. The number of methoxy groups -OCH3 is 1. The van der Waals surface area contributed by atoms with Crippen molar-refractivity contribution < 1.29 is 19.5 Å². The van der Waals surface area contributed by atoms with Crippen LogP contribution in [0, 0.1) is 0 Å². The number of rotatable bonds is 7. The molecule has 1 atom stereocenters. The normalized spacial score (nSPS) is 11.7. The molecule has 5 nitrogen and oxygen atoms in total. The lowest BCUT2D eigenvalue weighted by Crippen LogP contribution is -2.21. The van der Waals surface area contributed by atoms with E-state index in [1.165, 1.54) is 0 Å². The van der Waals surface area contributed by atoms with E-state index in [2.05, 4.69) is 0 Å². The molecular formula is C17H19NO4. The maximum atomic E-state index is 11.1. The highest BCUT2D eigenvalue weighted by Gasteiger charge is 2.15. The van der Waals surface area contributed by atoms with Gasteiger partial charge < -0.3 is 9.47 Å². The first-order valence-electron chi connectivity index (χ1n) is 6.98. The lowest BCUT2D eigenvalue weighted by atomic mass is 10.0. The van der Waals surface area contributed by atoms with Crippen molar-refractivity contribution in [3.05, 3.63) is 65.7 Å². The van der Waals surface area contributed by atoms with Gasteiger partial charge in [-0.25, -0.2) is 5.48 Å². The average Bonchev–Trinajstić information content (AvgIpc) is 2.59. The van der Waals surface area contributed by atoms with Crippen LogP contribution < -0.4 is 10.2 Å². The van der Waals surface area contributed by atoms with Crippen molar-refractivity contribution in [1.82, 2.24) is 5.48 Å². The van der Waals surface area contributed by atoms with Gasteiger partial charge in [0.25, 0.3) is 0 Å². The molecule has 0 aliphatic rings. The van der Waals surface area contributed by atoms with Crippen LogP contribution in [0.3, 0.4) is 0 Å². The van der Waals surface area contributed by atoms with Gasteiger partial charge in [-0.15, -0.1) is 0 Å². The molecule has 0 aromatic heterocycles. The Labute approximate surface area is 129 Å². The summed E-state index contributed by atoms with van der Waals surface area (Å²) in [5.74, 6) is 0.303. The van der Waals surface area contributed by atoms with Crippen molar-refractivity contribution in [2.75, 3.05) is 13.7 Å².